The predicted octanol–water partition coefficient (Wildman–Crippen LogP) is 3.86. The van der Waals surface area contributed by atoms with E-state index in [1.54, 1.807) is 0 Å². The number of hydrogen-bond acceptors (Lipinski definition) is 2. The highest BCUT2D eigenvalue weighted by atomic mass is 32.1. The van der Waals surface area contributed by atoms with E-state index in [-0.39, 0.29) is 0 Å². The van der Waals surface area contributed by atoms with Gasteiger partial charge in [0.25, 0.3) is 0 Å². The van der Waals surface area contributed by atoms with Gasteiger partial charge in [0.1, 0.15) is 0 Å². The first kappa shape index (κ1) is 12.6. The zero-order valence-corrected chi connectivity index (χ0v) is 11.5. The molecule has 1 saturated heterocycles. The number of hydrogen-bond donors (Lipinski definition) is 1. The summed E-state index contributed by atoms with van der Waals surface area (Å²) in [5, 5.41) is 0.606. The van der Waals surface area contributed by atoms with Crippen LogP contribution < -0.4 is 0 Å². The van der Waals surface area contributed by atoms with Gasteiger partial charge in [-0.05, 0) is 37.9 Å². The van der Waals surface area contributed by atoms with Gasteiger partial charge in [-0.1, -0.05) is 19.8 Å². The topological polar surface area (TPSA) is 9.23 Å². The first-order valence-electron chi connectivity index (χ1n) is 5.98. The maximum absolute atomic E-state index is 6.00. The van der Waals surface area contributed by atoms with Crippen LogP contribution in [0, 0.1) is 0 Å². The highest BCUT2D eigenvalue weighted by molar-refractivity contribution is 7.80. The summed E-state index contributed by atoms with van der Waals surface area (Å²) in [7, 11) is -1.28. The van der Waals surface area contributed by atoms with Crippen molar-refractivity contribution in [2.75, 3.05) is 6.61 Å². The Kier molecular flexibility index (Phi) is 5.56. The van der Waals surface area contributed by atoms with Crippen molar-refractivity contribution < 1.29 is 4.43 Å². The summed E-state index contributed by atoms with van der Waals surface area (Å²) in [6, 6.07) is 2.70. The summed E-state index contributed by atoms with van der Waals surface area (Å²) in [5.74, 6) is 0. The smallest absolute Gasteiger partial charge is 0.189 e. The summed E-state index contributed by atoms with van der Waals surface area (Å²) < 4.78 is 6.00. The lowest BCUT2D eigenvalue weighted by Crippen LogP contribution is -2.38. The SMILES string of the molecule is CCCC(S)CC[Si]1(C)CCCCO1. The fourth-order valence-electron chi connectivity index (χ4n) is 2.14. The lowest BCUT2D eigenvalue weighted by atomic mass is 10.2. The normalized spacial score (nSPS) is 30.2. The minimum Gasteiger partial charge on any atom is -0.417 e. The van der Waals surface area contributed by atoms with Crippen molar-refractivity contribution in [3.05, 3.63) is 0 Å². The molecule has 84 valence electrons. The molecule has 14 heavy (non-hydrogen) atoms. The Bertz CT molecular complexity index is 157. The Morgan fingerprint density at radius 1 is 1.36 bits per heavy atom. The fourth-order valence-corrected chi connectivity index (χ4v) is 5.90. The molecule has 1 nitrogen and oxygen atoms in total. The molecule has 0 amide bonds. The lowest BCUT2D eigenvalue weighted by molar-refractivity contribution is 0.269. The molecule has 1 aliphatic rings. The van der Waals surface area contributed by atoms with Crippen molar-refractivity contribution in [3.8, 4) is 0 Å². The minimum atomic E-state index is -1.28. The molecule has 0 saturated carbocycles. The molecule has 0 N–H and O–H groups in total. The van der Waals surface area contributed by atoms with Crippen LogP contribution in [0.1, 0.15) is 39.0 Å². The highest BCUT2D eigenvalue weighted by Crippen LogP contribution is 2.28. The summed E-state index contributed by atoms with van der Waals surface area (Å²) in [5.41, 5.74) is 0. The highest BCUT2D eigenvalue weighted by Gasteiger charge is 2.31. The standard InChI is InChI=1S/C11H24OSSi/c1-3-6-11(13)7-10-14(2)9-5-4-8-12-14/h11,13H,3-10H2,1-2H3. The van der Waals surface area contributed by atoms with Crippen LogP contribution in [-0.4, -0.2) is 20.2 Å². The second kappa shape index (κ2) is 6.18. The second-order valence-electron chi connectivity index (χ2n) is 4.74. The average Bonchev–Trinajstić information content (AvgIpc) is 2.17. The first-order valence-corrected chi connectivity index (χ1v) is 9.32. The van der Waals surface area contributed by atoms with Crippen LogP contribution in [0.3, 0.4) is 0 Å². The molecule has 0 spiro atoms. The molecular weight excluding hydrogens is 208 g/mol. The summed E-state index contributed by atoms with van der Waals surface area (Å²) in [6.45, 7) is 5.66. The Labute approximate surface area is 95.2 Å². The molecule has 0 aliphatic carbocycles. The molecule has 3 heteroatoms. The average molecular weight is 232 g/mol. The maximum Gasteiger partial charge on any atom is 0.189 e. The van der Waals surface area contributed by atoms with Crippen LogP contribution in [0.5, 0.6) is 0 Å². The van der Waals surface area contributed by atoms with Crippen LogP contribution in [0.2, 0.25) is 18.6 Å². The molecule has 0 aromatic carbocycles. The van der Waals surface area contributed by atoms with Crippen molar-refractivity contribution >= 4 is 20.9 Å². The van der Waals surface area contributed by atoms with Crippen molar-refractivity contribution in [2.24, 2.45) is 0 Å². The van der Waals surface area contributed by atoms with Crippen molar-refractivity contribution in [3.63, 3.8) is 0 Å². The van der Waals surface area contributed by atoms with Gasteiger partial charge in [0.15, 0.2) is 8.32 Å². The third-order valence-corrected chi connectivity index (χ3v) is 7.35. The van der Waals surface area contributed by atoms with E-state index in [4.69, 9.17) is 4.43 Å². The zero-order valence-electron chi connectivity index (χ0n) is 9.59. The predicted molar refractivity (Wildman–Crippen MR) is 68.7 cm³/mol. The van der Waals surface area contributed by atoms with E-state index in [9.17, 15) is 0 Å². The Hall–Kier alpha value is 0.527. The second-order valence-corrected chi connectivity index (χ2v) is 9.66. The molecule has 0 aromatic heterocycles. The fraction of sp³-hybridized carbons (Fsp3) is 1.00. The molecule has 0 bridgehead atoms. The van der Waals surface area contributed by atoms with Crippen LogP contribution in [0.15, 0.2) is 0 Å². The monoisotopic (exact) mass is 232 g/mol. The molecule has 0 aromatic rings. The van der Waals surface area contributed by atoms with Gasteiger partial charge in [0.05, 0.1) is 0 Å². The van der Waals surface area contributed by atoms with Crippen molar-refractivity contribution in [1.29, 1.82) is 0 Å². The molecule has 2 atom stereocenters. The molecule has 0 radical (unpaired) electrons. The van der Waals surface area contributed by atoms with Crippen LogP contribution in [0.25, 0.3) is 0 Å². The van der Waals surface area contributed by atoms with Gasteiger partial charge in [-0.15, -0.1) is 0 Å². The van der Waals surface area contributed by atoms with Gasteiger partial charge < -0.3 is 4.43 Å². The van der Waals surface area contributed by atoms with E-state index < -0.39 is 8.32 Å². The van der Waals surface area contributed by atoms with E-state index in [1.165, 1.54) is 44.2 Å². The third-order valence-electron chi connectivity index (χ3n) is 3.18. The van der Waals surface area contributed by atoms with Crippen LogP contribution in [-0.2, 0) is 4.43 Å². The first-order chi connectivity index (χ1) is 6.66. The summed E-state index contributed by atoms with van der Waals surface area (Å²) in [4.78, 5) is 0. The van der Waals surface area contributed by atoms with Crippen LogP contribution >= 0.6 is 12.6 Å². The van der Waals surface area contributed by atoms with Crippen LogP contribution in [0.4, 0.5) is 0 Å². The molecule has 2 unspecified atom stereocenters. The van der Waals surface area contributed by atoms with Gasteiger partial charge in [-0.2, -0.15) is 12.6 Å². The summed E-state index contributed by atoms with van der Waals surface area (Å²) >= 11 is 4.61. The third kappa shape index (κ3) is 4.37. The molecular formula is C11H24OSSi. The number of thiol groups is 1. The number of rotatable bonds is 5. The van der Waals surface area contributed by atoms with E-state index in [0.29, 0.717) is 5.25 Å². The zero-order chi connectivity index (χ0) is 10.4. The van der Waals surface area contributed by atoms with Gasteiger partial charge in [0.2, 0.25) is 0 Å². The van der Waals surface area contributed by atoms with Gasteiger partial charge in [0, 0.05) is 11.9 Å². The Balaban J connectivity index is 2.21. The maximum atomic E-state index is 6.00. The van der Waals surface area contributed by atoms with Gasteiger partial charge >= 0.3 is 0 Å². The van der Waals surface area contributed by atoms with Crippen molar-refractivity contribution in [1.82, 2.24) is 0 Å². The molecule has 1 aliphatic heterocycles. The van der Waals surface area contributed by atoms with E-state index >= 15 is 0 Å². The van der Waals surface area contributed by atoms with Gasteiger partial charge in [-0.3, -0.25) is 0 Å². The minimum absolute atomic E-state index is 0.606. The lowest BCUT2D eigenvalue weighted by Gasteiger charge is -2.32. The van der Waals surface area contributed by atoms with Gasteiger partial charge in [-0.25, -0.2) is 0 Å². The molecule has 1 heterocycles. The van der Waals surface area contributed by atoms with E-state index in [1.807, 2.05) is 0 Å². The van der Waals surface area contributed by atoms with E-state index in [2.05, 4.69) is 26.1 Å². The quantitative estimate of drug-likeness (QED) is 0.559. The molecule has 1 fully saturated rings. The van der Waals surface area contributed by atoms with Crippen molar-refractivity contribution in [2.45, 2.75) is 62.9 Å². The van der Waals surface area contributed by atoms with E-state index in [0.717, 1.165) is 6.61 Å². The summed E-state index contributed by atoms with van der Waals surface area (Å²) in [6.07, 6.45) is 6.45. The molecule has 1 rings (SSSR count). The Morgan fingerprint density at radius 3 is 2.71 bits per heavy atom. The Morgan fingerprint density at radius 2 is 2.14 bits per heavy atom. The largest absolute Gasteiger partial charge is 0.417 e.